The minimum atomic E-state index is -3.26. The second kappa shape index (κ2) is 5.83. The molecule has 0 amide bonds. The van der Waals surface area contributed by atoms with Crippen LogP contribution in [0.3, 0.4) is 0 Å². The number of hydrogen-bond donors (Lipinski definition) is 1. The highest BCUT2D eigenvalue weighted by molar-refractivity contribution is 7.90. The zero-order chi connectivity index (χ0) is 10.5. The molecule has 1 N–H and O–H groups in total. The Morgan fingerprint density at radius 2 is 1.92 bits per heavy atom. The lowest BCUT2D eigenvalue weighted by Gasteiger charge is -2.16. The normalized spacial score (nSPS) is 16.9. The second-order valence-electron chi connectivity index (χ2n) is 3.49. The molecule has 5 heteroatoms. The summed E-state index contributed by atoms with van der Waals surface area (Å²) in [4.78, 5) is 0. The molecule has 0 aliphatic heterocycles. The van der Waals surface area contributed by atoms with Gasteiger partial charge in [0.1, 0.15) is 5.21 Å². The quantitative estimate of drug-likeness (QED) is 0.705. The van der Waals surface area contributed by atoms with Crippen LogP contribution in [0.1, 0.15) is 33.6 Å². The van der Waals surface area contributed by atoms with Crippen LogP contribution in [0.2, 0.25) is 0 Å². The Bertz CT molecular complexity index is 228. The summed E-state index contributed by atoms with van der Waals surface area (Å²) in [5, 5.41) is -0.363. The first-order valence-corrected chi connectivity index (χ1v) is 6.66. The molecule has 0 aromatic heterocycles. The number of sulfonamides is 1. The molecule has 0 fully saturated rings. The molecule has 80 valence electrons. The monoisotopic (exact) mass is 227 g/mol. The van der Waals surface area contributed by atoms with Crippen LogP contribution < -0.4 is 4.72 Å². The molecule has 0 saturated heterocycles. The van der Waals surface area contributed by atoms with Gasteiger partial charge in [-0.25, -0.2) is 13.1 Å². The predicted molar refractivity (Wildman–Crippen MR) is 56.3 cm³/mol. The van der Waals surface area contributed by atoms with Crippen LogP contribution in [-0.4, -0.2) is 19.7 Å². The lowest BCUT2D eigenvalue weighted by molar-refractivity contribution is 0.446. The molecule has 0 heterocycles. The first-order chi connectivity index (χ1) is 5.91. The van der Waals surface area contributed by atoms with Crippen molar-refractivity contribution >= 4 is 21.6 Å². The molecule has 0 aromatic rings. The molecular formula is C8H18ClNO2S. The summed E-state index contributed by atoms with van der Waals surface area (Å²) >= 11 is 5.26. The Hall–Kier alpha value is 0.200. The van der Waals surface area contributed by atoms with E-state index in [1.807, 2.05) is 6.92 Å². The largest absolute Gasteiger partial charge is 0.225 e. The number of nitrogens with one attached hydrogen (secondary N) is 1. The number of rotatable bonds is 6. The van der Waals surface area contributed by atoms with E-state index in [0.29, 0.717) is 5.92 Å². The summed E-state index contributed by atoms with van der Waals surface area (Å²) < 4.78 is 24.6. The van der Waals surface area contributed by atoms with Crippen molar-refractivity contribution in [2.24, 2.45) is 5.92 Å². The third-order valence-electron chi connectivity index (χ3n) is 1.98. The van der Waals surface area contributed by atoms with Crippen LogP contribution in [0, 0.1) is 5.92 Å². The van der Waals surface area contributed by atoms with E-state index < -0.39 is 10.0 Å². The molecule has 0 saturated carbocycles. The number of hydrogen-bond acceptors (Lipinski definition) is 2. The van der Waals surface area contributed by atoms with Gasteiger partial charge in [0, 0.05) is 6.04 Å². The smallest absolute Gasteiger partial charge is 0.211 e. The van der Waals surface area contributed by atoms with E-state index in [9.17, 15) is 8.42 Å². The van der Waals surface area contributed by atoms with Crippen LogP contribution in [0.5, 0.6) is 0 Å². The van der Waals surface area contributed by atoms with Crippen molar-refractivity contribution in [3.05, 3.63) is 0 Å². The average molecular weight is 228 g/mol. The Morgan fingerprint density at radius 3 is 2.31 bits per heavy atom. The van der Waals surface area contributed by atoms with Gasteiger partial charge in [-0.2, -0.15) is 0 Å². The topological polar surface area (TPSA) is 46.2 Å². The average Bonchev–Trinajstić information content (AvgIpc) is 2.03. The highest BCUT2D eigenvalue weighted by atomic mass is 35.5. The van der Waals surface area contributed by atoms with Gasteiger partial charge in [0.15, 0.2) is 0 Å². The van der Waals surface area contributed by atoms with Gasteiger partial charge in [-0.1, -0.05) is 20.3 Å². The molecule has 0 spiro atoms. The van der Waals surface area contributed by atoms with Gasteiger partial charge in [0.05, 0.1) is 0 Å². The third kappa shape index (κ3) is 6.29. The molecule has 0 radical (unpaired) electrons. The SMILES string of the molecule is CCC(C)CC(C)NS(=O)(=O)CCl. The summed E-state index contributed by atoms with van der Waals surface area (Å²) in [6, 6.07) is -0.0290. The van der Waals surface area contributed by atoms with Crippen molar-refractivity contribution in [3.63, 3.8) is 0 Å². The zero-order valence-corrected chi connectivity index (χ0v) is 9.95. The van der Waals surface area contributed by atoms with Gasteiger partial charge in [-0.3, -0.25) is 0 Å². The summed E-state index contributed by atoms with van der Waals surface area (Å²) in [7, 11) is -3.26. The fourth-order valence-electron chi connectivity index (χ4n) is 1.16. The van der Waals surface area contributed by atoms with E-state index in [2.05, 4.69) is 18.6 Å². The van der Waals surface area contributed by atoms with Gasteiger partial charge < -0.3 is 0 Å². The molecule has 0 aromatic carbocycles. The van der Waals surface area contributed by atoms with Crippen LogP contribution in [0.4, 0.5) is 0 Å². The van der Waals surface area contributed by atoms with Crippen molar-refractivity contribution in [3.8, 4) is 0 Å². The summed E-state index contributed by atoms with van der Waals surface area (Å²) in [6.07, 6.45) is 1.92. The van der Waals surface area contributed by atoms with Gasteiger partial charge in [-0.05, 0) is 19.3 Å². The van der Waals surface area contributed by atoms with E-state index in [0.717, 1.165) is 12.8 Å². The Kier molecular flexibility index (Phi) is 5.92. The summed E-state index contributed by atoms with van der Waals surface area (Å²) in [6.45, 7) is 6.05. The fraction of sp³-hybridized carbons (Fsp3) is 1.00. The van der Waals surface area contributed by atoms with E-state index in [1.54, 1.807) is 0 Å². The van der Waals surface area contributed by atoms with Crippen LogP contribution >= 0.6 is 11.6 Å². The first-order valence-electron chi connectivity index (χ1n) is 4.47. The van der Waals surface area contributed by atoms with Gasteiger partial charge in [0.25, 0.3) is 0 Å². The van der Waals surface area contributed by atoms with Crippen molar-refractivity contribution in [2.75, 3.05) is 5.21 Å². The highest BCUT2D eigenvalue weighted by Gasteiger charge is 2.14. The Balaban J connectivity index is 3.94. The maximum Gasteiger partial charge on any atom is 0.225 e. The molecular weight excluding hydrogens is 210 g/mol. The van der Waals surface area contributed by atoms with Gasteiger partial charge >= 0.3 is 0 Å². The molecule has 0 rings (SSSR count). The van der Waals surface area contributed by atoms with E-state index in [4.69, 9.17) is 11.6 Å². The fourth-order valence-corrected chi connectivity index (χ4v) is 2.12. The third-order valence-corrected chi connectivity index (χ3v) is 3.89. The molecule has 13 heavy (non-hydrogen) atoms. The lowest BCUT2D eigenvalue weighted by atomic mass is 10.0. The standard InChI is InChI=1S/C8H18ClNO2S/c1-4-7(2)5-8(3)10-13(11,12)6-9/h7-8,10H,4-6H2,1-3H3. The van der Waals surface area contributed by atoms with E-state index >= 15 is 0 Å². The van der Waals surface area contributed by atoms with Crippen molar-refractivity contribution in [2.45, 2.75) is 39.7 Å². The van der Waals surface area contributed by atoms with Gasteiger partial charge in [0.2, 0.25) is 10.0 Å². The predicted octanol–water partition coefficient (Wildman–Crippen LogP) is 1.93. The summed E-state index contributed by atoms with van der Waals surface area (Å²) in [5.41, 5.74) is 0. The molecule has 2 unspecified atom stereocenters. The second-order valence-corrected chi connectivity index (χ2v) is 5.83. The molecule has 0 aliphatic carbocycles. The lowest BCUT2D eigenvalue weighted by Crippen LogP contribution is -2.34. The van der Waals surface area contributed by atoms with Crippen LogP contribution in [-0.2, 0) is 10.0 Å². The maximum absolute atomic E-state index is 11.0. The molecule has 2 atom stereocenters. The van der Waals surface area contributed by atoms with E-state index in [-0.39, 0.29) is 11.3 Å². The Morgan fingerprint density at radius 1 is 1.38 bits per heavy atom. The van der Waals surface area contributed by atoms with Crippen LogP contribution in [0.15, 0.2) is 0 Å². The van der Waals surface area contributed by atoms with Crippen LogP contribution in [0.25, 0.3) is 0 Å². The highest BCUT2D eigenvalue weighted by Crippen LogP contribution is 2.10. The van der Waals surface area contributed by atoms with Crippen molar-refractivity contribution in [1.29, 1.82) is 0 Å². The minimum Gasteiger partial charge on any atom is -0.211 e. The molecule has 0 aliphatic rings. The summed E-state index contributed by atoms with van der Waals surface area (Å²) in [5.74, 6) is 0.535. The molecule has 3 nitrogen and oxygen atoms in total. The van der Waals surface area contributed by atoms with E-state index in [1.165, 1.54) is 0 Å². The van der Waals surface area contributed by atoms with Gasteiger partial charge in [-0.15, -0.1) is 11.6 Å². The first kappa shape index (κ1) is 13.2. The Labute approximate surface area is 85.9 Å². The molecule has 0 bridgehead atoms. The number of halogens is 1. The van der Waals surface area contributed by atoms with Crippen molar-refractivity contribution < 1.29 is 8.42 Å². The maximum atomic E-state index is 11.0. The van der Waals surface area contributed by atoms with Crippen molar-refractivity contribution in [1.82, 2.24) is 4.72 Å². The zero-order valence-electron chi connectivity index (χ0n) is 8.38. The number of alkyl halides is 1. The minimum absolute atomic E-state index is 0.0290.